The van der Waals surface area contributed by atoms with Crippen molar-refractivity contribution in [2.45, 2.75) is 0 Å². The van der Waals surface area contributed by atoms with Crippen molar-refractivity contribution in [2.24, 2.45) is 0 Å². The van der Waals surface area contributed by atoms with E-state index < -0.39 is 0 Å². The monoisotopic (exact) mass is 354 g/mol. The van der Waals surface area contributed by atoms with E-state index in [-0.39, 0.29) is 6.03 Å². The van der Waals surface area contributed by atoms with Crippen molar-refractivity contribution in [2.75, 3.05) is 36.4 Å². The summed E-state index contributed by atoms with van der Waals surface area (Å²) in [6, 6.07) is 15.5. The molecule has 5 nitrogen and oxygen atoms in total. The molecule has 128 valence electrons. The van der Waals surface area contributed by atoms with Crippen LogP contribution in [0, 0.1) is 0 Å². The number of H-pyrrole nitrogens is 1. The molecule has 0 spiro atoms. The van der Waals surface area contributed by atoms with Gasteiger partial charge in [0.1, 0.15) is 0 Å². The lowest BCUT2D eigenvalue weighted by Gasteiger charge is -2.36. The van der Waals surface area contributed by atoms with Gasteiger partial charge in [0.2, 0.25) is 0 Å². The summed E-state index contributed by atoms with van der Waals surface area (Å²) in [4.78, 5) is 19.9. The van der Waals surface area contributed by atoms with Crippen molar-refractivity contribution in [3.63, 3.8) is 0 Å². The number of halogens is 1. The molecule has 1 aromatic heterocycles. The number of urea groups is 1. The van der Waals surface area contributed by atoms with Crippen molar-refractivity contribution >= 4 is 39.9 Å². The van der Waals surface area contributed by atoms with Crippen LogP contribution in [0.25, 0.3) is 10.9 Å². The fraction of sp³-hybridized carbons (Fsp3) is 0.211. The van der Waals surface area contributed by atoms with E-state index in [1.807, 2.05) is 23.2 Å². The average Bonchev–Trinajstić information content (AvgIpc) is 3.10. The molecule has 25 heavy (non-hydrogen) atoms. The zero-order valence-electron chi connectivity index (χ0n) is 13.7. The van der Waals surface area contributed by atoms with Crippen molar-refractivity contribution < 1.29 is 4.79 Å². The fourth-order valence-electron chi connectivity index (χ4n) is 3.26. The van der Waals surface area contributed by atoms with E-state index >= 15 is 0 Å². The predicted molar refractivity (Wildman–Crippen MR) is 103 cm³/mol. The number of nitrogens with one attached hydrogen (secondary N) is 2. The number of aromatic amines is 1. The van der Waals surface area contributed by atoms with Gasteiger partial charge in [-0.15, -0.1) is 0 Å². The minimum absolute atomic E-state index is 0.0817. The van der Waals surface area contributed by atoms with Gasteiger partial charge < -0.3 is 20.1 Å². The third-order valence-corrected chi connectivity index (χ3v) is 4.79. The first-order valence-corrected chi connectivity index (χ1v) is 8.71. The average molecular weight is 355 g/mol. The molecule has 6 heteroatoms. The molecule has 0 unspecified atom stereocenters. The van der Waals surface area contributed by atoms with Gasteiger partial charge in [0, 0.05) is 59.7 Å². The Hall–Kier alpha value is -2.66. The normalized spacial score (nSPS) is 14.8. The molecule has 2 heterocycles. The topological polar surface area (TPSA) is 51.4 Å². The van der Waals surface area contributed by atoms with Crippen LogP contribution in [0.4, 0.5) is 16.2 Å². The van der Waals surface area contributed by atoms with E-state index in [9.17, 15) is 4.79 Å². The minimum atomic E-state index is -0.0817. The van der Waals surface area contributed by atoms with Crippen LogP contribution in [0.2, 0.25) is 5.02 Å². The lowest BCUT2D eigenvalue weighted by Crippen LogP contribution is -2.50. The highest BCUT2D eigenvalue weighted by Crippen LogP contribution is 2.27. The van der Waals surface area contributed by atoms with Gasteiger partial charge in [0.05, 0.1) is 0 Å². The third kappa shape index (κ3) is 3.28. The summed E-state index contributed by atoms with van der Waals surface area (Å²) in [5, 5.41) is 4.75. The summed E-state index contributed by atoms with van der Waals surface area (Å²) in [5.41, 5.74) is 3.07. The Balaban J connectivity index is 1.41. The molecule has 0 aliphatic carbocycles. The molecular weight excluding hydrogens is 336 g/mol. The summed E-state index contributed by atoms with van der Waals surface area (Å²) >= 11 is 5.97. The number of fused-ring (bicyclic) bond motifs is 1. The van der Waals surface area contributed by atoms with E-state index in [2.05, 4.69) is 39.5 Å². The number of rotatable bonds is 2. The SMILES string of the molecule is O=C(Nc1cccc(Cl)c1)N1CCN(c2cccc3[nH]ccc23)CC1. The highest BCUT2D eigenvalue weighted by atomic mass is 35.5. The molecule has 1 fully saturated rings. The van der Waals surface area contributed by atoms with Gasteiger partial charge in [-0.25, -0.2) is 4.79 Å². The Morgan fingerprint density at radius 1 is 1.04 bits per heavy atom. The maximum Gasteiger partial charge on any atom is 0.321 e. The maximum atomic E-state index is 12.4. The second kappa shape index (κ2) is 6.69. The molecule has 0 bridgehead atoms. The standard InChI is InChI=1S/C19H19ClN4O/c20-14-3-1-4-15(13-14)22-19(25)24-11-9-23(10-12-24)18-6-2-5-17-16(18)7-8-21-17/h1-8,13,21H,9-12H2,(H,22,25). The number of nitrogens with zero attached hydrogens (tertiary/aromatic N) is 2. The number of amides is 2. The summed E-state index contributed by atoms with van der Waals surface area (Å²) in [6.07, 6.45) is 1.96. The number of carbonyl (C=O) groups excluding carboxylic acids is 1. The first-order chi connectivity index (χ1) is 12.2. The molecule has 2 N–H and O–H groups in total. The smallest absolute Gasteiger partial charge is 0.321 e. The van der Waals surface area contributed by atoms with Crippen LogP contribution in [0.5, 0.6) is 0 Å². The lowest BCUT2D eigenvalue weighted by atomic mass is 10.2. The highest BCUT2D eigenvalue weighted by molar-refractivity contribution is 6.30. The Labute approximate surface area is 151 Å². The van der Waals surface area contributed by atoms with E-state index in [1.54, 1.807) is 12.1 Å². The number of hydrogen-bond acceptors (Lipinski definition) is 2. The first kappa shape index (κ1) is 15.8. The van der Waals surface area contributed by atoms with Crippen LogP contribution in [-0.2, 0) is 0 Å². The van der Waals surface area contributed by atoms with Crippen LogP contribution in [0.1, 0.15) is 0 Å². The Kier molecular flexibility index (Phi) is 4.24. The zero-order valence-corrected chi connectivity index (χ0v) is 14.5. The molecule has 3 aromatic rings. The van der Waals surface area contributed by atoms with Crippen molar-refractivity contribution in [1.29, 1.82) is 0 Å². The van der Waals surface area contributed by atoms with E-state index in [0.717, 1.165) is 24.3 Å². The van der Waals surface area contributed by atoms with Crippen LogP contribution in [-0.4, -0.2) is 42.1 Å². The van der Waals surface area contributed by atoms with Gasteiger partial charge in [-0.2, -0.15) is 0 Å². The fourth-order valence-corrected chi connectivity index (χ4v) is 3.45. The van der Waals surface area contributed by atoms with Crippen LogP contribution in [0.15, 0.2) is 54.7 Å². The van der Waals surface area contributed by atoms with Gasteiger partial charge in [-0.05, 0) is 36.4 Å². The second-order valence-electron chi connectivity index (χ2n) is 6.13. The number of aromatic nitrogens is 1. The van der Waals surface area contributed by atoms with Crippen molar-refractivity contribution in [1.82, 2.24) is 9.88 Å². The largest absolute Gasteiger partial charge is 0.367 e. The van der Waals surface area contributed by atoms with Crippen LogP contribution >= 0.6 is 11.6 Å². The van der Waals surface area contributed by atoms with Crippen LogP contribution < -0.4 is 10.2 Å². The molecule has 1 saturated heterocycles. The molecule has 0 atom stereocenters. The Bertz CT molecular complexity index is 899. The second-order valence-corrected chi connectivity index (χ2v) is 6.57. The molecule has 2 amide bonds. The Morgan fingerprint density at radius 3 is 2.64 bits per heavy atom. The number of hydrogen-bond donors (Lipinski definition) is 2. The van der Waals surface area contributed by atoms with Gasteiger partial charge in [-0.3, -0.25) is 0 Å². The quantitative estimate of drug-likeness (QED) is 0.725. The molecule has 4 rings (SSSR count). The molecule has 1 aliphatic heterocycles. The van der Waals surface area contributed by atoms with Gasteiger partial charge in [0.15, 0.2) is 0 Å². The summed E-state index contributed by atoms with van der Waals surface area (Å²) in [6.45, 7) is 3.00. The first-order valence-electron chi connectivity index (χ1n) is 8.33. The van der Waals surface area contributed by atoms with E-state index in [1.165, 1.54) is 11.1 Å². The molecule has 2 aromatic carbocycles. The summed E-state index contributed by atoms with van der Waals surface area (Å²) in [5.74, 6) is 0. The van der Waals surface area contributed by atoms with Gasteiger partial charge in [0.25, 0.3) is 0 Å². The van der Waals surface area contributed by atoms with E-state index in [4.69, 9.17) is 11.6 Å². The number of carbonyl (C=O) groups is 1. The van der Waals surface area contributed by atoms with Crippen molar-refractivity contribution in [3.8, 4) is 0 Å². The zero-order chi connectivity index (χ0) is 17.2. The lowest BCUT2D eigenvalue weighted by molar-refractivity contribution is 0.208. The Morgan fingerprint density at radius 2 is 1.84 bits per heavy atom. The van der Waals surface area contributed by atoms with Gasteiger partial charge >= 0.3 is 6.03 Å². The van der Waals surface area contributed by atoms with Crippen LogP contribution in [0.3, 0.4) is 0 Å². The number of piperazine rings is 1. The molecule has 0 radical (unpaired) electrons. The molecule has 1 aliphatic rings. The summed E-state index contributed by atoms with van der Waals surface area (Å²) < 4.78 is 0. The number of benzene rings is 2. The van der Waals surface area contributed by atoms with Gasteiger partial charge in [-0.1, -0.05) is 23.7 Å². The molecule has 0 saturated carbocycles. The maximum absolute atomic E-state index is 12.4. The predicted octanol–water partition coefficient (Wildman–Crippen LogP) is 4.18. The van der Waals surface area contributed by atoms with Crippen molar-refractivity contribution in [3.05, 3.63) is 59.8 Å². The third-order valence-electron chi connectivity index (χ3n) is 4.56. The highest BCUT2D eigenvalue weighted by Gasteiger charge is 2.22. The summed E-state index contributed by atoms with van der Waals surface area (Å²) in [7, 11) is 0. The minimum Gasteiger partial charge on any atom is -0.367 e. The molecular formula is C19H19ClN4O. The number of anilines is 2. The van der Waals surface area contributed by atoms with E-state index in [0.29, 0.717) is 18.1 Å².